The van der Waals surface area contributed by atoms with Crippen molar-refractivity contribution in [1.82, 2.24) is 10.6 Å². The number of amides is 2. The van der Waals surface area contributed by atoms with Gasteiger partial charge in [0, 0.05) is 24.0 Å². The van der Waals surface area contributed by atoms with E-state index in [1.54, 1.807) is 0 Å². The summed E-state index contributed by atoms with van der Waals surface area (Å²) in [6.45, 7) is 1.41. The van der Waals surface area contributed by atoms with Gasteiger partial charge in [-0.1, -0.05) is 6.42 Å². The molecule has 1 rings (SSSR count). The molecule has 2 amide bonds. The Morgan fingerprint density at radius 2 is 2.17 bits per heavy atom. The normalized spacial score (nSPS) is 25.3. The second-order valence-corrected chi connectivity index (χ2v) is 6.17. The third kappa shape index (κ3) is 5.10. The molecule has 0 bridgehead atoms. The van der Waals surface area contributed by atoms with Gasteiger partial charge in [0.2, 0.25) is 11.8 Å². The van der Waals surface area contributed by atoms with E-state index in [1.165, 1.54) is 13.3 Å². The molecule has 0 radical (unpaired) electrons. The van der Waals surface area contributed by atoms with Crippen LogP contribution in [0.4, 0.5) is 0 Å². The molecule has 0 aromatic carbocycles. The zero-order chi connectivity index (χ0) is 13.5. The fourth-order valence-corrected chi connectivity index (χ4v) is 3.32. The molecule has 104 valence electrons. The maximum absolute atomic E-state index is 12.0. The van der Waals surface area contributed by atoms with Gasteiger partial charge >= 0.3 is 0 Å². The average molecular weight is 290 g/mol. The van der Waals surface area contributed by atoms with Crippen LogP contribution in [0.15, 0.2) is 0 Å². The molecule has 1 aliphatic carbocycles. The van der Waals surface area contributed by atoms with Crippen molar-refractivity contribution in [3.05, 3.63) is 0 Å². The van der Waals surface area contributed by atoms with Gasteiger partial charge in [-0.05, 0) is 25.5 Å². The molecule has 0 spiro atoms. The molecular formula is C12H22N2O2S2. The summed E-state index contributed by atoms with van der Waals surface area (Å²) in [6, 6.07) is -0.291. The minimum absolute atomic E-state index is 0.119. The van der Waals surface area contributed by atoms with Gasteiger partial charge in [0.05, 0.1) is 0 Å². The molecule has 0 aromatic heterocycles. The van der Waals surface area contributed by atoms with Crippen LogP contribution in [0.5, 0.6) is 0 Å². The van der Waals surface area contributed by atoms with E-state index in [2.05, 4.69) is 29.5 Å². The summed E-state index contributed by atoms with van der Waals surface area (Å²) in [6.07, 6.45) is 6.55. The summed E-state index contributed by atoms with van der Waals surface area (Å²) < 4.78 is 0. The van der Waals surface area contributed by atoms with Gasteiger partial charge in [-0.15, -0.1) is 0 Å². The molecule has 3 unspecified atom stereocenters. The Morgan fingerprint density at radius 3 is 2.72 bits per heavy atom. The SMILES string of the molecule is CSC1CCCC(NC(=O)C(CS)NC(C)=O)C1. The lowest BCUT2D eigenvalue weighted by atomic mass is 9.94. The number of hydrogen-bond donors (Lipinski definition) is 3. The number of carbonyl (C=O) groups is 2. The van der Waals surface area contributed by atoms with Crippen molar-refractivity contribution in [2.24, 2.45) is 0 Å². The minimum Gasteiger partial charge on any atom is -0.352 e. The van der Waals surface area contributed by atoms with Crippen LogP contribution in [0.1, 0.15) is 32.6 Å². The fourth-order valence-electron chi connectivity index (χ4n) is 2.23. The first-order valence-electron chi connectivity index (χ1n) is 6.28. The number of thiol groups is 1. The molecule has 1 fully saturated rings. The average Bonchev–Trinajstić information content (AvgIpc) is 2.35. The van der Waals surface area contributed by atoms with Gasteiger partial charge in [0.1, 0.15) is 6.04 Å². The van der Waals surface area contributed by atoms with E-state index < -0.39 is 6.04 Å². The van der Waals surface area contributed by atoms with Gasteiger partial charge in [0.15, 0.2) is 0 Å². The minimum atomic E-state index is -0.527. The summed E-state index contributed by atoms with van der Waals surface area (Å²) in [5.74, 6) is 0.00571. The quantitative estimate of drug-likeness (QED) is 0.667. The van der Waals surface area contributed by atoms with Crippen molar-refractivity contribution in [1.29, 1.82) is 0 Å². The van der Waals surface area contributed by atoms with Crippen LogP contribution in [-0.4, -0.2) is 41.2 Å². The summed E-state index contributed by atoms with van der Waals surface area (Å²) in [5.41, 5.74) is 0. The fraction of sp³-hybridized carbons (Fsp3) is 0.833. The highest BCUT2D eigenvalue weighted by Crippen LogP contribution is 2.26. The number of hydrogen-bond acceptors (Lipinski definition) is 4. The van der Waals surface area contributed by atoms with Crippen LogP contribution in [0.2, 0.25) is 0 Å². The Hall–Kier alpha value is -0.360. The van der Waals surface area contributed by atoms with Crippen LogP contribution in [0.3, 0.4) is 0 Å². The topological polar surface area (TPSA) is 58.2 Å². The van der Waals surface area contributed by atoms with Gasteiger partial charge in [-0.3, -0.25) is 9.59 Å². The predicted octanol–water partition coefficient (Wildman–Crippen LogP) is 1.21. The van der Waals surface area contributed by atoms with Crippen molar-refractivity contribution in [2.75, 3.05) is 12.0 Å². The molecule has 0 aliphatic heterocycles. The standard InChI is InChI=1S/C12H22N2O2S2/c1-8(15)13-11(7-17)12(16)14-9-4-3-5-10(6-9)18-2/h9-11,17H,3-7H2,1-2H3,(H,13,15)(H,14,16). The highest BCUT2D eigenvalue weighted by atomic mass is 32.2. The van der Waals surface area contributed by atoms with E-state index in [0.29, 0.717) is 11.0 Å². The van der Waals surface area contributed by atoms with Crippen LogP contribution >= 0.6 is 24.4 Å². The van der Waals surface area contributed by atoms with Crippen LogP contribution in [0.25, 0.3) is 0 Å². The van der Waals surface area contributed by atoms with E-state index >= 15 is 0 Å². The molecule has 0 heterocycles. The highest BCUT2D eigenvalue weighted by molar-refractivity contribution is 7.99. The Bertz CT molecular complexity index is 300. The van der Waals surface area contributed by atoms with Crippen molar-refractivity contribution >= 4 is 36.2 Å². The Labute approximate surface area is 118 Å². The van der Waals surface area contributed by atoms with E-state index in [1.807, 2.05) is 11.8 Å². The molecule has 0 aromatic rings. The third-order valence-electron chi connectivity index (χ3n) is 3.18. The van der Waals surface area contributed by atoms with Crippen molar-refractivity contribution in [3.8, 4) is 0 Å². The van der Waals surface area contributed by atoms with Gasteiger partial charge in [0.25, 0.3) is 0 Å². The van der Waals surface area contributed by atoms with Crippen LogP contribution in [0, 0.1) is 0 Å². The lowest BCUT2D eigenvalue weighted by molar-refractivity contribution is -0.128. The number of rotatable bonds is 5. The lowest BCUT2D eigenvalue weighted by Gasteiger charge is -2.29. The number of carbonyl (C=O) groups excluding carboxylic acids is 2. The van der Waals surface area contributed by atoms with Crippen molar-refractivity contribution < 1.29 is 9.59 Å². The molecule has 18 heavy (non-hydrogen) atoms. The third-order valence-corrected chi connectivity index (χ3v) is 4.64. The second kappa shape index (κ2) is 7.94. The second-order valence-electron chi connectivity index (χ2n) is 4.67. The largest absolute Gasteiger partial charge is 0.352 e. The summed E-state index contributed by atoms with van der Waals surface area (Å²) in [5, 5.41) is 6.27. The first-order chi connectivity index (χ1) is 8.56. The van der Waals surface area contributed by atoms with Gasteiger partial charge < -0.3 is 10.6 Å². The molecule has 4 nitrogen and oxygen atoms in total. The number of nitrogens with one attached hydrogen (secondary N) is 2. The van der Waals surface area contributed by atoms with Gasteiger partial charge in [-0.25, -0.2) is 0 Å². The zero-order valence-electron chi connectivity index (χ0n) is 10.9. The van der Waals surface area contributed by atoms with E-state index in [4.69, 9.17) is 0 Å². The Balaban J connectivity index is 2.44. The number of thioether (sulfide) groups is 1. The maximum atomic E-state index is 12.0. The maximum Gasteiger partial charge on any atom is 0.243 e. The van der Waals surface area contributed by atoms with Crippen LogP contribution in [-0.2, 0) is 9.59 Å². The van der Waals surface area contributed by atoms with Crippen LogP contribution < -0.4 is 10.6 Å². The Morgan fingerprint density at radius 1 is 1.44 bits per heavy atom. The summed E-state index contributed by atoms with van der Waals surface area (Å²) >= 11 is 5.97. The molecule has 1 aliphatic rings. The zero-order valence-corrected chi connectivity index (χ0v) is 12.7. The smallest absolute Gasteiger partial charge is 0.243 e. The van der Waals surface area contributed by atoms with E-state index in [9.17, 15) is 9.59 Å². The predicted molar refractivity (Wildman–Crippen MR) is 79.2 cm³/mol. The first kappa shape index (κ1) is 15.7. The first-order valence-corrected chi connectivity index (χ1v) is 8.20. The van der Waals surface area contributed by atoms with E-state index in [0.717, 1.165) is 19.3 Å². The summed E-state index contributed by atoms with van der Waals surface area (Å²) in [4.78, 5) is 23.0. The highest BCUT2D eigenvalue weighted by Gasteiger charge is 2.25. The molecule has 0 saturated heterocycles. The Kier molecular flexibility index (Phi) is 6.92. The molecule has 1 saturated carbocycles. The molecule has 2 N–H and O–H groups in total. The lowest BCUT2D eigenvalue weighted by Crippen LogP contribution is -2.51. The molecule has 6 heteroatoms. The van der Waals surface area contributed by atoms with Crippen molar-refractivity contribution in [3.63, 3.8) is 0 Å². The molecular weight excluding hydrogens is 268 g/mol. The molecule has 3 atom stereocenters. The summed E-state index contributed by atoms with van der Waals surface area (Å²) in [7, 11) is 0. The monoisotopic (exact) mass is 290 g/mol. The van der Waals surface area contributed by atoms with Crippen molar-refractivity contribution in [2.45, 2.75) is 49.9 Å². The van der Waals surface area contributed by atoms with E-state index in [-0.39, 0.29) is 17.9 Å². The van der Waals surface area contributed by atoms with Gasteiger partial charge in [-0.2, -0.15) is 24.4 Å².